The Morgan fingerprint density at radius 2 is 1.93 bits per heavy atom. The summed E-state index contributed by atoms with van der Waals surface area (Å²) in [6, 6.07) is 18.9. The smallest absolute Gasteiger partial charge is 0.255 e. The summed E-state index contributed by atoms with van der Waals surface area (Å²) in [4.78, 5) is 16.0. The highest BCUT2D eigenvalue weighted by atomic mass is 35.5. The number of aryl methyl sites for hydroxylation is 1. The van der Waals surface area contributed by atoms with Crippen LogP contribution in [0, 0.1) is 6.92 Å². The third-order valence-electron chi connectivity index (χ3n) is 4.51. The Bertz CT molecular complexity index is 1180. The van der Waals surface area contributed by atoms with Crippen molar-refractivity contribution >= 4 is 34.7 Å². The van der Waals surface area contributed by atoms with Crippen molar-refractivity contribution < 1.29 is 9.53 Å². The van der Waals surface area contributed by atoms with Gasteiger partial charge in [-0.3, -0.25) is 9.20 Å². The van der Waals surface area contributed by atoms with Gasteiger partial charge in [-0.15, -0.1) is 0 Å². The number of carbonyl (C=O) groups is 1. The van der Waals surface area contributed by atoms with E-state index in [2.05, 4.69) is 5.32 Å². The molecule has 4 rings (SSSR count). The van der Waals surface area contributed by atoms with Gasteiger partial charge in [0.15, 0.2) is 6.61 Å². The molecule has 3 N–H and O–H groups in total. The summed E-state index contributed by atoms with van der Waals surface area (Å²) in [5.41, 5.74) is 9.23. The fourth-order valence-corrected chi connectivity index (χ4v) is 3.42. The van der Waals surface area contributed by atoms with Crippen molar-refractivity contribution in [3.8, 4) is 17.0 Å². The molecule has 2 aromatic heterocycles. The summed E-state index contributed by atoms with van der Waals surface area (Å²) >= 11 is 6.44. The van der Waals surface area contributed by atoms with Crippen molar-refractivity contribution in [1.29, 1.82) is 0 Å². The highest BCUT2D eigenvalue weighted by molar-refractivity contribution is 6.33. The number of nitrogens with zero attached hydrogens (tertiary/aromatic N) is 2. The zero-order valence-corrected chi connectivity index (χ0v) is 16.5. The maximum Gasteiger partial charge on any atom is 0.255 e. The summed E-state index contributed by atoms with van der Waals surface area (Å²) in [7, 11) is 0. The van der Waals surface area contributed by atoms with Crippen molar-refractivity contribution in [3.05, 3.63) is 77.4 Å². The first-order valence-electron chi connectivity index (χ1n) is 9.04. The van der Waals surface area contributed by atoms with Crippen LogP contribution < -0.4 is 15.8 Å². The van der Waals surface area contributed by atoms with Crippen LogP contribution in [0.1, 0.15) is 5.56 Å². The Balaban J connectivity index is 1.88. The first kappa shape index (κ1) is 18.8. The first-order valence-corrected chi connectivity index (χ1v) is 9.42. The standard InChI is InChI=1S/C22H19ClN4O2/c1-14-7-6-9-16(23)20(14)26-22-21(25-19-11-4-5-12-27(19)22)15-8-2-3-10-17(15)29-13-18(24)28/h2-12,26H,13H2,1H3,(H2,24,28). The molecule has 0 saturated heterocycles. The monoisotopic (exact) mass is 406 g/mol. The van der Waals surface area contributed by atoms with Gasteiger partial charge in [0.2, 0.25) is 0 Å². The zero-order valence-electron chi connectivity index (χ0n) is 15.7. The second-order valence-electron chi connectivity index (χ2n) is 6.55. The lowest BCUT2D eigenvalue weighted by molar-refractivity contribution is -0.119. The molecule has 2 heterocycles. The van der Waals surface area contributed by atoms with Crippen molar-refractivity contribution in [3.63, 3.8) is 0 Å². The Hall–Kier alpha value is -3.51. The third-order valence-corrected chi connectivity index (χ3v) is 4.82. The number of nitrogens with two attached hydrogens (primary N) is 1. The molecule has 0 atom stereocenters. The predicted octanol–water partition coefficient (Wildman–Crippen LogP) is 4.57. The van der Waals surface area contributed by atoms with E-state index in [0.717, 1.165) is 28.3 Å². The Labute approximate surface area is 172 Å². The minimum atomic E-state index is -0.542. The SMILES string of the molecule is Cc1cccc(Cl)c1Nc1c(-c2ccccc2OCC(N)=O)nc2ccccn12. The number of amides is 1. The first-order chi connectivity index (χ1) is 14.0. The van der Waals surface area contributed by atoms with Crippen LogP contribution in [-0.4, -0.2) is 21.9 Å². The highest BCUT2D eigenvalue weighted by Crippen LogP contribution is 2.38. The van der Waals surface area contributed by atoms with E-state index in [9.17, 15) is 4.79 Å². The van der Waals surface area contributed by atoms with Gasteiger partial charge in [-0.25, -0.2) is 4.98 Å². The molecule has 146 valence electrons. The van der Waals surface area contributed by atoms with Gasteiger partial charge in [-0.05, 0) is 42.8 Å². The van der Waals surface area contributed by atoms with Gasteiger partial charge in [0.1, 0.15) is 22.9 Å². The maximum absolute atomic E-state index is 11.2. The molecular weight excluding hydrogens is 388 g/mol. The van der Waals surface area contributed by atoms with Crippen molar-refractivity contribution in [2.75, 3.05) is 11.9 Å². The summed E-state index contributed by atoms with van der Waals surface area (Å²) in [5.74, 6) is 0.723. The topological polar surface area (TPSA) is 81.6 Å². The quantitative estimate of drug-likeness (QED) is 0.491. The van der Waals surface area contributed by atoms with Gasteiger partial charge in [-0.2, -0.15) is 0 Å². The summed E-state index contributed by atoms with van der Waals surface area (Å²) in [6.07, 6.45) is 1.92. The molecule has 0 unspecified atom stereocenters. The number of nitrogens with one attached hydrogen (secondary N) is 1. The Morgan fingerprint density at radius 3 is 2.72 bits per heavy atom. The van der Waals surface area contributed by atoms with E-state index >= 15 is 0 Å². The molecule has 0 radical (unpaired) electrons. The molecule has 6 nitrogen and oxygen atoms in total. The van der Waals surface area contributed by atoms with Gasteiger partial charge < -0.3 is 15.8 Å². The van der Waals surface area contributed by atoms with Crippen molar-refractivity contribution in [2.45, 2.75) is 6.92 Å². The number of pyridine rings is 1. The summed E-state index contributed by atoms with van der Waals surface area (Å²) in [5, 5.41) is 4.06. The van der Waals surface area contributed by atoms with Crippen LogP contribution >= 0.6 is 11.6 Å². The second-order valence-corrected chi connectivity index (χ2v) is 6.95. The molecule has 0 aliphatic carbocycles. The minimum Gasteiger partial charge on any atom is -0.483 e. The molecule has 0 aliphatic rings. The Morgan fingerprint density at radius 1 is 1.14 bits per heavy atom. The molecule has 7 heteroatoms. The van der Waals surface area contributed by atoms with Gasteiger partial charge >= 0.3 is 0 Å². The number of fused-ring (bicyclic) bond motifs is 1. The number of benzene rings is 2. The molecule has 0 saturated carbocycles. The maximum atomic E-state index is 11.2. The number of carbonyl (C=O) groups excluding carboxylic acids is 1. The van der Waals surface area contributed by atoms with E-state index in [4.69, 9.17) is 27.1 Å². The number of rotatable bonds is 6. The molecule has 0 spiro atoms. The lowest BCUT2D eigenvalue weighted by Gasteiger charge is -2.14. The average Bonchev–Trinajstić information content (AvgIpc) is 3.08. The van der Waals surface area contributed by atoms with Crippen LogP contribution in [0.5, 0.6) is 5.75 Å². The molecule has 2 aromatic carbocycles. The van der Waals surface area contributed by atoms with E-state index in [1.807, 2.05) is 72.1 Å². The normalized spacial score (nSPS) is 10.8. The number of hydrogen-bond donors (Lipinski definition) is 2. The third kappa shape index (κ3) is 3.75. The van der Waals surface area contributed by atoms with Gasteiger partial charge in [0, 0.05) is 11.8 Å². The molecule has 0 aliphatic heterocycles. The fourth-order valence-electron chi connectivity index (χ4n) is 3.15. The van der Waals surface area contributed by atoms with E-state index in [1.165, 1.54) is 0 Å². The van der Waals surface area contributed by atoms with E-state index in [1.54, 1.807) is 6.07 Å². The van der Waals surface area contributed by atoms with E-state index in [0.29, 0.717) is 16.5 Å². The van der Waals surface area contributed by atoms with Gasteiger partial charge in [0.25, 0.3) is 5.91 Å². The number of para-hydroxylation sites is 2. The number of primary amides is 1. The predicted molar refractivity (Wildman–Crippen MR) is 115 cm³/mol. The van der Waals surface area contributed by atoms with Crippen LogP contribution in [0.2, 0.25) is 5.02 Å². The van der Waals surface area contributed by atoms with Crippen molar-refractivity contribution in [2.24, 2.45) is 5.73 Å². The largest absolute Gasteiger partial charge is 0.483 e. The molecular formula is C22H19ClN4O2. The number of ether oxygens (including phenoxy) is 1. The number of anilines is 2. The lowest BCUT2D eigenvalue weighted by atomic mass is 10.1. The zero-order chi connectivity index (χ0) is 20.4. The highest BCUT2D eigenvalue weighted by Gasteiger charge is 2.19. The van der Waals surface area contributed by atoms with Gasteiger partial charge in [-0.1, -0.05) is 41.9 Å². The van der Waals surface area contributed by atoms with Crippen LogP contribution in [0.15, 0.2) is 66.9 Å². The van der Waals surface area contributed by atoms with Crippen LogP contribution in [0.25, 0.3) is 16.9 Å². The van der Waals surface area contributed by atoms with Crippen molar-refractivity contribution in [1.82, 2.24) is 9.38 Å². The summed E-state index contributed by atoms with van der Waals surface area (Å²) in [6.45, 7) is 1.78. The fraction of sp³-hybridized carbons (Fsp3) is 0.0909. The number of imidazole rings is 1. The lowest BCUT2D eigenvalue weighted by Crippen LogP contribution is -2.20. The number of hydrogen-bond acceptors (Lipinski definition) is 4. The molecule has 4 aromatic rings. The molecule has 29 heavy (non-hydrogen) atoms. The van der Waals surface area contributed by atoms with Crippen LogP contribution in [0.3, 0.4) is 0 Å². The molecule has 1 amide bonds. The van der Waals surface area contributed by atoms with Crippen LogP contribution in [-0.2, 0) is 4.79 Å². The minimum absolute atomic E-state index is 0.212. The van der Waals surface area contributed by atoms with Gasteiger partial charge in [0.05, 0.1) is 10.7 Å². The molecule has 0 fully saturated rings. The second kappa shape index (κ2) is 7.85. The number of aromatic nitrogens is 2. The Kier molecular flexibility index (Phi) is 5.10. The van der Waals surface area contributed by atoms with Crippen LogP contribution in [0.4, 0.5) is 11.5 Å². The molecule has 0 bridgehead atoms. The summed E-state index contributed by atoms with van der Waals surface area (Å²) < 4.78 is 7.57. The van der Waals surface area contributed by atoms with E-state index < -0.39 is 5.91 Å². The number of halogens is 1. The van der Waals surface area contributed by atoms with E-state index in [-0.39, 0.29) is 6.61 Å². The average molecular weight is 407 g/mol.